The highest BCUT2D eigenvalue weighted by molar-refractivity contribution is 7.89. The van der Waals surface area contributed by atoms with Crippen LogP contribution in [0.3, 0.4) is 0 Å². The van der Waals surface area contributed by atoms with Gasteiger partial charge in [0.2, 0.25) is 21.8 Å². The fraction of sp³-hybridized carbons (Fsp3) is 0.737. The Morgan fingerprint density at radius 1 is 0.931 bits per heavy atom. The minimum Gasteiger partial charge on any atom is -0.360 e. The van der Waals surface area contributed by atoms with Crippen LogP contribution >= 0.6 is 0 Å². The van der Waals surface area contributed by atoms with Crippen LogP contribution in [0.4, 0.5) is 0 Å². The molecule has 160 valence electrons. The van der Waals surface area contributed by atoms with Gasteiger partial charge >= 0.3 is 0 Å². The minimum absolute atomic E-state index is 0.0349. The molecule has 2 aliphatic heterocycles. The van der Waals surface area contributed by atoms with Crippen LogP contribution in [0, 0.1) is 25.7 Å². The largest absolute Gasteiger partial charge is 0.360 e. The summed E-state index contributed by atoms with van der Waals surface area (Å²) in [5.74, 6) is 0.494. The van der Waals surface area contributed by atoms with Gasteiger partial charge in [0.05, 0.1) is 5.92 Å². The second-order valence-corrected chi connectivity index (χ2v) is 10.2. The minimum atomic E-state index is -3.69. The van der Waals surface area contributed by atoms with Crippen LogP contribution in [-0.4, -0.2) is 78.8 Å². The molecule has 2 saturated heterocycles. The first-order valence-electron chi connectivity index (χ1n) is 10.3. The van der Waals surface area contributed by atoms with Crippen molar-refractivity contribution in [3.05, 3.63) is 11.5 Å². The lowest BCUT2D eigenvalue weighted by molar-refractivity contribution is -0.142. The summed E-state index contributed by atoms with van der Waals surface area (Å²) in [6.07, 6.45) is 3.56. The zero-order chi connectivity index (χ0) is 20.8. The van der Waals surface area contributed by atoms with Gasteiger partial charge in [0.15, 0.2) is 5.76 Å². The van der Waals surface area contributed by atoms with Crippen molar-refractivity contribution < 1.29 is 22.5 Å². The number of carbonyl (C=O) groups excluding carboxylic acids is 2. The standard InChI is InChI=1S/C19H28N4O5S/c1-13-17(14(2)28-20-13)29(26,27)23-10-8-21(9-11-23)19(25)16-4-3-7-22(12-16)18(24)15-5-6-15/h15-16H,3-12H2,1-2H3. The van der Waals surface area contributed by atoms with E-state index < -0.39 is 10.0 Å². The number of nitrogens with zero attached hydrogens (tertiary/aromatic N) is 4. The zero-order valence-corrected chi connectivity index (χ0v) is 17.8. The van der Waals surface area contributed by atoms with Crippen LogP contribution in [0.2, 0.25) is 0 Å². The molecule has 29 heavy (non-hydrogen) atoms. The van der Waals surface area contributed by atoms with Crippen LogP contribution in [-0.2, 0) is 19.6 Å². The van der Waals surface area contributed by atoms with Crippen molar-refractivity contribution >= 4 is 21.8 Å². The average molecular weight is 425 g/mol. The lowest BCUT2D eigenvalue weighted by Gasteiger charge is -2.38. The van der Waals surface area contributed by atoms with Crippen LogP contribution < -0.4 is 0 Å². The normalized spacial score (nSPS) is 24.0. The number of likely N-dealkylation sites (tertiary alicyclic amines) is 1. The highest BCUT2D eigenvalue weighted by Crippen LogP contribution is 2.33. The first-order chi connectivity index (χ1) is 13.8. The third-order valence-corrected chi connectivity index (χ3v) is 8.27. The van der Waals surface area contributed by atoms with Crippen molar-refractivity contribution in [2.45, 2.75) is 44.4 Å². The Kier molecular flexibility index (Phi) is 5.41. The monoisotopic (exact) mass is 424 g/mol. The van der Waals surface area contributed by atoms with Gasteiger partial charge in [-0.2, -0.15) is 4.31 Å². The maximum atomic E-state index is 13.0. The Hall–Kier alpha value is -1.94. The Morgan fingerprint density at radius 3 is 2.17 bits per heavy atom. The molecule has 1 unspecified atom stereocenters. The van der Waals surface area contributed by atoms with Crippen molar-refractivity contribution in [1.29, 1.82) is 0 Å². The quantitative estimate of drug-likeness (QED) is 0.707. The van der Waals surface area contributed by atoms with Crippen LogP contribution in [0.15, 0.2) is 9.42 Å². The number of rotatable bonds is 4. The molecular weight excluding hydrogens is 396 g/mol. The summed E-state index contributed by atoms with van der Waals surface area (Å²) in [6, 6.07) is 0. The molecule has 1 aliphatic carbocycles. The number of amides is 2. The number of sulfonamides is 1. The third kappa shape index (κ3) is 3.92. The van der Waals surface area contributed by atoms with Gasteiger partial charge in [0.25, 0.3) is 0 Å². The van der Waals surface area contributed by atoms with Crippen LogP contribution in [0.1, 0.15) is 37.1 Å². The molecule has 1 aromatic rings. The zero-order valence-electron chi connectivity index (χ0n) is 17.0. The van der Waals surface area contributed by atoms with Gasteiger partial charge in [-0.25, -0.2) is 8.42 Å². The molecule has 0 radical (unpaired) electrons. The molecule has 1 saturated carbocycles. The number of hydrogen-bond acceptors (Lipinski definition) is 6. The summed E-state index contributed by atoms with van der Waals surface area (Å²) >= 11 is 0. The fourth-order valence-electron chi connectivity index (χ4n) is 4.35. The molecule has 2 amide bonds. The molecule has 0 bridgehead atoms. The summed E-state index contributed by atoms with van der Waals surface area (Å²) in [5, 5.41) is 3.74. The van der Waals surface area contributed by atoms with E-state index in [1.54, 1.807) is 18.7 Å². The molecule has 3 aliphatic rings. The molecule has 1 aromatic heterocycles. The van der Waals surface area contributed by atoms with Gasteiger partial charge in [0.1, 0.15) is 10.6 Å². The SMILES string of the molecule is Cc1noc(C)c1S(=O)(=O)N1CCN(C(=O)C2CCCN(C(=O)C3CC3)C2)CC1. The second-order valence-electron chi connectivity index (χ2n) is 8.28. The summed E-state index contributed by atoms with van der Waals surface area (Å²) in [6.45, 7) is 5.63. The predicted octanol–water partition coefficient (Wildman–Crippen LogP) is 0.773. The van der Waals surface area contributed by atoms with Crippen LogP contribution in [0.5, 0.6) is 0 Å². The Balaban J connectivity index is 1.36. The van der Waals surface area contributed by atoms with E-state index in [4.69, 9.17) is 4.52 Å². The molecule has 3 heterocycles. The summed E-state index contributed by atoms with van der Waals surface area (Å²) < 4.78 is 32.3. The summed E-state index contributed by atoms with van der Waals surface area (Å²) in [5.41, 5.74) is 0.351. The van der Waals surface area contributed by atoms with Crippen molar-refractivity contribution in [2.24, 2.45) is 11.8 Å². The Morgan fingerprint density at radius 2 is 1.59 bits per heavy atom. The molecule has 9 nitrogen and oxygen atoms in total. The van der Waals surface area contributed by atoms with Gasteiger partial charge in [-0.15, -0.1) is 0 Å². The summed E-state index contributed by atoms with van der Waals surface area (Å²) in [4.78, 5) is 29.1. The van der Waals surface area contributed by atoms with Crippen molar-refractivity contribution in [2.75, 3.05) is 39.3 Å². The Bertz CT molecular complexity index is 880. The first-order valence-corrected chi connectivity index (χ1v) is 11.7. The highest BCUT2D eigenvalue weighted by atomic mass is 32.2. The van der Waals surface area contributed by atoms with Gasteiger partial charge in [0, 0.05) is 45.2 Å². The highest BCUT2D eigenvalue weighted by Gasteiger charge is 2.39. The fourth-order valence-corrected chi connectivity index (χ4v) is 6.06. The second kappa shape index (κ2) is 7.71. The maximum Gasteiger partial charge on any atom is 0.248 e. The van der Waals surface area contributed by atoms with Gasteiger partial charge in [-0.05, 0) is 39.5 Å². The van der Waals surface area contributed by atoms with Crippen LogP contribution in [0.25, 0.3) is 0 Å². The Labute approximate surface area is 171 Å². The van der Waals surface area contributed by atoms with E-state index in [0.29, 0.717) is 25.3 Å². The van der Waals surface area contributed by atoms with Gasteiger partial charge in [-0.3, -0.25) is 9.59 Å². The molecule has 4 rings (SSSR count). The molecule has 0 N–H and O–H groups in total. The van der Waals surface area contributed by atoms with Crippen molar-refractivity contribution in [3.63, 3.8) is 0 Å². The van der Waals surface area contributed by atoms with E-state index in [9.17, 15) is 18.0 Å². The number of piperidine rings is 1. The number of hydrogen-bond donors (Lipinski definition) is 0. The molecular formula is C19H28N4O5S. The first kappa shape index (κ1) is 20.3. The molecule has 0 aromatic carbocycles. The lowest BCUT2D eigenvalue weighted by Crippen LogP contribution is -2.54. The summed E-state index contributed by atoms with van der Waals surface area (Å²) in [7, 11) is -3.69. The van der Waals surface area contributed by atoms with E-state index in [0.717, 1.165) is 32.2 Å². The smallest absolute Gasteiger partial charge is 0.248 e. The lowest BCUT2D eigenvalue weighted by atomic mass is 9.96. The predicted molar refractivity (Wildman–Crippen MR) is 103 cm³/mol. The van der Waals surface area contributed by atoms with E-state index in [-0.39, 0.29) is 47.4 Å². The van der Waals surface area contributed by atoms with E-state index in [1.807, 2.05) is 4.90 Å². The van der Waals surface area contributed by atoms with E-state index >= 15 is 0 Å². The van der Waals surface area contributed by atoms with Gasteiger partial charge < -0.3 is 14.3 Å². The topological polar surface area (TPSA) is 104 Å². The molecule has 0 spiro atoms. The van der Waals surface area contributed by atoms with Crippen molar-refractivity contribution in [3.8, 4) is 0 Å². The number of aryl methyl sites for hydroxylation is 2. The van der Waals surface area contributed by atoms with E-state index in [2.05, 4.69) is 5.16 Å². The van der Waals surface area contributed by atoms with E-state index in [1.165, 1.54) is 4.31 Å². The molecule has 1 atom stereocenters. The average Bonchev–Trinajstić information content (AvgIpc) is 3.51. The number of aromatic nitrogens is 1. The molecule has 10 heteroatoms. The maximum absolute atomic E-state index is 13.0. The molecule has 3 fully saturated rings. The third-order valence-electron chi connectivity index (χ3n) is 6.12. The number of carbonyl (C=O) groups is 2. The van der Waals surface area contributed by atoms with Gasteiger partial charge in [-0.1, -0.05) is 5.16 Å². The van der Waals surface area contributed by atoms with Crippen molar-refractivity contribution in [1.82, 2.24) is 19.3 Å². The number of piperazine rings is 1.